The molecule has 0 aliphatic carbocycles. The molecule has 24 heavy (non-hydrogen) atoms. The molecular formula is C17H24N6O. The van der Waals surface area contributed by atoms with Crippen molar-refractivity contribution in [3.05, 3.63) is 42.4 Å². The van der Waals surface area contributed by atoms with Gasteiger partial charge in [-0.15, -0.1) is 0 Å². The van der Waals surface area contributed by atoms with Crippen LogP contribution in [0, 0.1) is 0 Å². The van der Waals surface area contributed by atoms with Gasteiger partial charge in [-0.3, -0.25) is 4.98 Å². The van der Waals surface area contributed by atoms with Crippen LogP contribution in [-0.4, -0.2) is 53.3 Å². The van der Waals surface area contributed by atoms with E-state index >= 15 is 0 Å². The van der Waals surface area contributed by atoms with Gasteiger partial charge in [0.15, 0.2) is 0 Å². The zero-order valence-electron chi connectivity index (χ0n) is 14.1. The van der Waals surface area contributed by atoms with Crippen molar-refractivity contribution < 1.29 is 4.74 Å². The summed E-state index contributed by atoms with van der Waals surface area (Å²) in [6, 6.07) is 8.41. The van der Waals surface area contributed by atoms with Gasteiger partial charge in [-0.1, -0.05) is 6.07 Å². The van der Waals surface area contributed by atoms with Gasteiger partial charge >= 0.3 is 0 Å². The molecule has 128 valence electrons. The van der Waals surface area contributed by atoms with E-state index in [0.29, 0.717) is 12.0 Å². The third kappa shape index (κ3) is 3.98. The molecule has 0 saturated carbocycles. The Hall–Kier alpha value is -2.25. The minimum atomic E-state index is 0.104. The van der Waals surface area contributed by atoms with Gasteiger partial charge in [-0.25, -0.2) is 4.98 Å². The first-order valence-electron chi connectivity index (χ1n) is 8.18. The summed E-state index contributed by atoms with van der Waals surface area (Å²) in [6.45, 7) is 3.77. The number of pyridine rings is 1. The molecule has 0 spiro atoms. The van der Waals surface area contributed by atoms with Crippen LogP contribution >= 0.6 is 0 Å². The number of nitrogens with one attached hydrogen (secondary N) is 1. The van der Waals surface area contributed by atoms with Crippen LogP contribution < -0.4 is 16.0 Å². The van der Waals surface area contributed by atoms with Crippen molar-refractivity contribution in [3.63, 3.8) is 0 Å². The van der Waals surface area contributed by atoms with E-state index in [1.807, 2.05) is 24.4 Å². The Bertz CT molecular complexity index is 653. The molecule has 3 atom stereocenters. The molecule has 2 aromatic heterocycles. The predicted octanol–water partition coefficient (Wildman–Crippen LogP) is 0.878. The van der Waals surface area contributed by atoms with Gasteiger partial charge in [0.2, 0.25) is 5.95 Å². The summed E-state index contributed by atoms with van der Waals surface area (Å²) in [5, 5.41) is 3.66. The average Bonchev–Trinajstić information content (AvgIpc) is 2.98. The SMILES string of the molecule is CO[C@@H]1CN(c2ccnc(N)n2)C[C@@H]1NC(C)Cc1ccccn1. The predicted molar refractivity (Wildman–Crippen MR) is 93.8 cm³/mol. The number of methoxy groups -OCH3 is 1. The van der Waals surface area contributed by atoms with Crippen LogP contribution in [0.3, 0.4) is 0 Å². The Labute approximate surface area is 142 Å². The summed E-state index contributed by atoms with van der Waals surface area (Å²) in [7, 11) is 1.75. The molecule has 0 radical (unpaired) electrons. The normalized spacial score (nSPS) is 21.8. The van der Waals surface area contributed by atoms with E-state index in [9.17, 15) is 0 Å². The van der Waals surface area contributed by atoms with Crippen molar-refractivity contribution in [1.82, 2.24) is 20.3 Å². The highest BCUT2D eigenvalue weighted by molar-refractivity contribution is 5.43. The zero-order valence-corrected chi connectivity index (χ0v) is 14.1. The lowest BCUT2D eigenvalue weighted by Crippen LogP contribution is -2.45. The Balaban J connectivity index is 1.62. The molecule has 1 unspecified atom stereocenters. The molecule has 0 aromatic carbocycles. The maximum absolute atomic E-state index is 5.69. The second-order valence-corrected chi connectivity index (χ2v) is 6.15. The Morgan fingerprint density at radius 1 is 1.29 bits per heavy atom. The van der Waals surface area contributed by atoms with Gasteiger partial charge in [-0.2, -0.15) is 4.98 Å². The number of anilines is 2. The van der Waals surface area contributed by atoms with Crippen LogP contribution in [-0.2, 0) is 11.2 Å². The molecule has 0 bridgehead atoms. The van der Waals surface area contributed by atoms with Crippen molar-refractivity contribution in [3.8, 4) is 0 Å². The summed E-state index contributed by atoms with van der Waals surface area (Å²) >= 11 is 0. The van der Waals surface area contributed by atoms with Crippen molar-refractivity contribution in [2.24, 2.45) is 0 Å². The van der Waals surface area contributed by atoms with Crippen molar-refractivity contribution in [2.75, 3.05) is 30.8 Å². The fourth-order valence-electron chi connectivity index (χ4n) is 3.16. The van der Waals surface area contributed by atoms with Gasteiger partial charge in [0.25, 0.3) is 0 Å². The molecule has 3 rings (SSSR count). The maximum Gasteiger partial charge on any atom is 0.221 e. The van der Waals surface area contributed by atoms with E-state index in [0.717, 1.165) is 31.0 Å². The van der Waals surface area contributed by atoms with Crippen molar-refractivity contribution >= 4 is 11.8 Å². The molecule has 1 aliphatic heterocycles. The van der Waals surface area contributed by atoms with Crippen molar-refractivity contribution in [1.29, 1.82) is 0 Å². The smallest absolute Gasteiger partial charge is 0.221 e. The Morgan fingerprint density at radius 3 is 2.88 bits per heavy atom. The quantitative estimate of drug-likeness (QED) is 0.813. The van der Waals surface area contributed by atoms with Gasteiger partial charge in [0, 0.05) is 50.7 Å². The number of ether oxygens (including phenoxy) is 1. The summed E-state index contributed by atoms with van der Waals surface area (Å²) in [6.07, 6.45) is 4.50. The molecule has 3 N–H and O–H groups in total. The van der Waals surface area contributed by atoms with Gasteiger partial charge in [-0.05, 0) is 25.1 Å². The van der Waals surface area contributed by atoms with Gasteiger partial charge in [0.1, 0.15) is 5.82 Å². The van der Waals surface area contributed by atoms with Crippen LogP contribution in [0.4, 0.5) is 11.8 Å². The number of hydrogen-bond acceptors (Lipinski definition) is 7. The number of rotatable bonds is 6. The first-order chi connectivity index (χ1) is 11.7. The summed E-state index contributed by atoms with van der Waals surface area (Å²) in [5.74, 6) is 1.13. The fourth-order valence-corrected chi connectivity index (χ4v) is 3.16. The van der Waals surface area contributed by atoms with Crippen molar-refractivity contribution in [2.45, 2.75) is 31.5 Å². The third-order valence-electron chi connectivity index (χ3n) is 4.29. The highest BCUT2D eigenvalue weighted by Gasteiger charge is 2.34. The van der Waals surface area contributed by atoms with Crippen LogP contribution in [0.1, 0.15) is 12.6 Å². The minimum Gasteiger partial charge on any atom is -0.378 e. The second-order valence-electron chi connectivity index (χ2n) is 6.15. The standard InChI is InChI=1S/C17H24N6O/c1-12(9-13-5-3-4-7-19-13)21-14-10-23(11-15(14)24-2)16-6-8-20-17(18)22-16/h3-8,12,14-15,21H,9-11H2,1-2H3,(H2,18,20,22)/t12?,14-,15+/m0/s1. The number of nitrogens with two attached hydrogens (primary N) is 1. The van der Waals surface area contributed by atoms with E-state index in [2.05, 4.69) is 38.2 Å². The van der Waals surface area contributed by atoms with Gasteiger partial charge in [0.05, 0.1) is 12.1 Å². The lowest BCUT2D eigenvalue weighted by atomic mass is 10.1. The summed E-state index contributed by atoms with van der Waals surface area (Å²) in [5.41, 5.74) is 6.78. The molecular weight excluding hydrogens is 304 g/mol. The molecule has 0 amide bonds. The lowest BCUT2D eigenvalue weighted by molar-refractivity contribution is 0.0938. The van der Waals surface area contributed by atoms with E-state index in [1.165, 1.54) is 0 Å². The van der Waals surface area contributed by atoms with Crippen LogP contribution in [0.2, 0.25) is 0 Å². The first-order valence-corrected chi connectivity index (χ1v) is 8.18. The maximum atomic E-state index is 5.69. The molecule has 1 saturated heterocycles. The highest BCUT2D eigenvalue weighted by atomic mass is 16.5. The number of aromatic nitrogens is 3. The molecule has 2 aromatic rings. The molecule has 1 fully saturated rings. The Kier molecular flexibility index (Phi) is 5.22. The van der Waals surface area contributed by atoms with Crippen LogP contribution in [0.15, 0.2) is 36.7 Å². The fraction of sp³-hybridized carbons (Fsp3) is 0.471. The molecule has 3 heterocycles. The Morgan fingerprint density at radius 2 is 2.17 bits per heavy atom. The molecule has 7 heteroatoms. The summed E-state index contributed by atoms with van der Waals surface area (Å²) < 4.78 is 5.66. The summed E-state index contributed by atoms with van der Waals surface area (Å²) in [4.78, 5) is 14.8. The topological polar surface area (TPSA) is 89.2 Å². The average molecular weight is 328 g/mol. The third-order valence-corrected chi connectivity index (χ3v) is 4.29. The van der Waals surface area contributed by atoms with E-state index < -0.39 is 0 Å². The minimum absolute atomic E-state index is 0.104. The first kappa shape index (κ1) is 16.6. The number of hydrogen-bond donors (Lipinski definition) is 2. The second kappa shape index (κ2) is 7.55. The molecule has 7 nitrogen and oxygen atoms in total. The van der Waals surface area contributed by atoms with Gasteiger partial charge < -0.3 is 20.7 Å². The van der Waals surface area contributed by atoms with E-state index in [1.54, 1.807) is 13.3 Å². The largest absolute Gasteiger partial charge is 0.378 e. The number of nitrogens with zero attached hydrogens (tertiary/aromatic N) is 4. The zero-order chi connectivity index (χ0) is 16.9. The van der Waals surface area contributed by atoms with Crippen LogP contribution in [0.25, 0.3) is 0 Å². The highest BCUT2D eigenvalue weighted by Crippen LogP contribution is 2.21. The lowest BCUT2D eigenvalue weighted by Gasteiger charge is -2.23. The monoisotopic (exact) mass is 328 g/mol. The molecule has 1 aliphatic rings. The van der Waals surface area contributed by atoms with E-state index in [4.69, 9.17) is 10.5 Å². The van der Waals surface area contributed by atoms with Crippen LogP contribution in [0.5, 0.6) is 0 Å². The van der Waals surface area contributed by atoms with E-state index in [-0.39, 0.29) is 12.1 Å². The number of nitrogen functional groups attached to an aromatic ring is 1.